The van der Waals surface area contributed by atoms with Gasteiger partial charge in [0.1, 0.15) is 48.3 Å². The number of amides is 2. The number of alkyl carbamates (subject to hydrolysis) is 2. The summed E-state index contributed by atoms with van der Waals surface area (Å²) in [7, 11) is -1.22. The van der Waals surface area contributed by atoms with Crippen LogP contribution >= 0.6 is 11.1 Å². The van der Waals surface area contributed by atoms with Crippen molar-refractivity contribution >= 4 is 55.6 Å². The molecule has 6 aromatic carbocycles. The van der Waals surface area contributed by atoms with Crippen LogP contribution in [0.15, 0.2) is 109 Å². The Morgan fingerprint density at radius 1 is 0.520 bits per heavy atom. The molecule has 2 saturated heterocycles. The van der Waals surface area contributed by atoms with Gasteiger partial charge in [-0.2, -0.15) is 11.1 Å². The quantitative estimate of drug-likeness (QED) is 0.0145. The summed E-state index contributed by atoms with van der Waals surface area (Å²) in [4.78, 5) is 40.6. The Labute approximate surface area is 746 Å². The van der Waals surface area contributed by atoms with E-state index in [0.29, 0.717) is 109 Å². The van der Waals surface area contributed by atoms with Gasteiger partial charge in [0.15, 0.2) is 27.2 Å². The summed E-state index contributed by atoms with van der Waals surface area (Å²) in [6.45, 7) is 70.1. The van der Waals surface area contributed by atoms with Crippen molar-refractivity contribution in [3.05, 3.63) is 177 Å². The summed E-state index contributed by atoms with van der Waals surface area (Å²) in [5.41, 5.74) is 14.9. The predicted molar refractivity (Wildman–Crippen MR) is 509 cm³/mol. The molecular formula is C98H147ClN6O14Si4. The third-order valence-electron chi connectivity index (χ3n) is 27.2. The van der Waals surface area contributed by atoms with Gasteiger partial charge >= 0.3 is 12.2 Å². The fourth-order valence-corrected chi connectivity index (χ4v) is 22.6. The number of aliphatic hydroxyl groups is 1. The van der Waals surface area contributed by atoms with Crippen molar-refractivity contribution in [1.29, 1.82) is 0 Å². The number of ether oxygens (including phenoxy) is 8. The molecule has 123 heavy (non-hydrogen) atoms. The first-order valence-electron chi connectivity index (χ1n) is 44.6. The van der Waals surface area contributed by atoms with Crippen molar-refractivity contribution < 1.29 is 65.9 Å². The van der Waals surface area contributed by atoms with E-state index >= 15 is 0 Å². The molecule has 2 heterocycles. The van der Waals surface area contributed by atoms with Crippen molar-refractivity contribution in [3.8, 4) is 56.8 Å². The number of carbonyl (C=O) groups excluding carboxylic acids is 2. The number of nitrogens with one attached hydrogen (secondary N) is 2. The van der Waals surface area contributed by atoms with E-state index in [2.05, 4.69) is 215 Å². The van der Waals surface area contributed by atoms with Gasteiger partial charge in [-0.05, 0) is 174 Å². The molecule has 3 N–H and O–H groups in total. The molecule has 0 aromatic heterocycles. The van der Waals surface area contributed by atoms with Crippen molar-refractivity contribution in [2.24, 2.45) is 0 Å². The van der Waals surface area contributed by atoms with E-state index in [4.69, 9.17) is 75.4 Å². The van der Waals surface area contributed by atoms with E-state index in [1.165, 1.54) is 0 Å². The first-order valence-corrected chi connectivity index (χ1v) is 56.6. The molecule has 4 aliphatic rings. The largest absolute Gasteiger partial charge is 0.541 e. The smallest absolute Gasteiger partial charge is 0.407 e. The van der Waals surface area contributed by atoms with E-state index in [-0.39, 0.29) is 60.4 Å². The maximum Gasteiger partial charge on any atom is 0.407 e. The highest BCUT2D eigenvalue weighted by Crippen LogP contribution is 2.50. The fourth-order valence-electron chi connectivity index (χ4n) is 16.6. The van der Waals surface area contributed by atoms with Crippen LogP contribution in [0.5, 0.6) is 34.5 Å². The van der Waals surface area contributed by atoms with Gasteiger partial charge in [0.25, 0.3) is 29.0 Å². The summed E-state index contributed by atoms with van der Waals surface area (Å²) in [6, 6.07) is 35.7. The maximum atomic E-state index is 14.1. The number of rotatable bonds is 36. The number of hydrogen-bond acceptors (Lipinski definition) is 16. The lowest BCUT2D eigenvalue weighted by atomic mass is 9.98. The zero-order valence-corrected chi connectivity index (χ0v) is 83.7. The van der Waals surface area contributed by atoms with Crippen LogP contribution in [-0.4, -0.2) is 190 Å². The van der Waals surface area contributed by atoms with Gasteiger partial charge in [0.05, 0.1) is 53.9 Å². The SMILES string of the molecule is CC(C)[Si](C)(Cl)C(C)C.[C-]#[N+][C@@H](C(Cc1cc(O[Si](C)(C)C(C)(C)C)c(OC)c(C)c1OC)NC(=O)OCC1c2ccccc2-c2ccccc21)N1CCO[C@@H](CCCCO)C1.[C-]#[N+][C@@H](C(Cc1cc(O[Si](C)(C)C(C)(C)C)c(OC)c(C)c1OC)NC(=O)OCC1c2ccccc2-c2ccccc21)N1CCO[C@@H](CCCCO[Si](C)(C(C)C)C(C)C)C1. The van der Waals surface area contributed by atoms with Gasteiger partial charge in [0, 0.05) is 86.3 Å². The number of unbranched alkanes of at least 4 members (excludes halogenated alkanes) is 2. The minimum atomic E-state index is -2.29. The summed E-state index contributed by atoms with van der Waals surface area (Å²) in [5, 5.41) is 15.5. The molecule has 25 heteroatoms. The minimum absolute atomic E-state index is 0.0331. The molecular weight excluding hydrogens is 1630 g/mol. The molecule has 2 amide bonds. The van der Waals surface area contributed by atoms with Gasteiger partial charge in [-0.25, -0.2) is 32.5 Å². The Balaban J connectivity index is 0.000000279. The zero-order valence-electron chi connectivity index (χ0n) is 79.0. The second-order valence-electron chi connectivity index (χ2n) is 38.3. The Hall–Kier alpha value is -7.44. The molecule has 6 aromatic rings. The van der Waals surface area contributed by atoms with Gasteiger partial charge in [-0.1, -0.05) is 201 Å². The van der Waals surface area contributed by atoms with Gasteiger partial charge < -0.3 is 66.9 Å². The number of halogens is 1. The number of benzene rings is 6. The van der Waals surface area contributed by atoms with Crippen LogP contribution in [0.4, 0.5) is 9.59 Å². The number of hydrogen-bond donors (Lipinski definition) is 3. The molecule has 2 fully saturated rings. The molecule has 20 nitrogen and oxygen atoms in total. The summed E-state index contributed by atoms with van der Waals surface area (Å²) < 4.78 is 68.7. The molecule has 0 saturated carbocycles. The normalized spacial score (nSPS) is 16.9. The average molecular weight is 1780 g/mol. The molecule has 2 unspecified atom stereocenters. The van der Waals surface area contributed by atoms with Crippen LogP contribution < -0.4 is 38.4 Å². The number of morpholine rings is 2. The lowest BCUT2D eigenvalue weighted by Gasteiger charge is -2.37. The highest BCUT2D eigenvalue weighted by molar-refractivity contribution is 7.21. The third-order valence-corrected chi connectivity index (χ3v) is 48.5. The maximum absolute atomic E-state index is 14.1. The number of nitrogens with zero attached hydrogens (tertiary/aromatic N) is 4. The molecule has 10 rings (SSSR count). The van der Waals surface area contributed by atoms with Crippen molar-refractivity contribution in [2.75, 3.05) is 94.3 Å². The predicted octanol–water partition coefficient (Wildman–Crippen LogP) is 22.9. The molecule has 6 atom stereocenters. The van der Waals surface area contributed by atoms with E-state index in [1.807, 2.05) is 74.5 Å². The Bertz CT molecular complexity index is 4430. The monoisotopic (exact) mass is 1780 g/mol. The zero-order chi connectivity index (χ0) is 90.7. The first kappa shape index (κ1) is 101. The highest BCUT2D eigenvalue weighted by atomic mass is 35.6. The fraction of sp³-hybridized carbons (Fsp3) is 0.592. The highest BCUT2D eigenvalue weighted by Gasteiger charge is 2.46. The molecule has 2 aliphatic carbocycles. The van der Waals surface area contributed by atoms with Crippen LogP contribution in [0.3, 0.4) is 0 Å². The van der Waals surface area contributed by atoms with E-state index in [1.54, 1.807) is 28.4 Å². The Morgan fingerprint density at radius 2 is 0.854 bits per heavy atom. The molecule has 2 aliphatic heterocycles. The molecule has 0 bridgehead atoms. The van der Waals surface area contributed by atoms with Crippen LogP contribution in [0.2, 0.25) is 71.5 Å². The summed E-state index contributed by atoms with van der Waals surface area (Å²) in [5.74, 6) is 3.57. The van der Waals surface area contributed by atoms with Crippen LogP contribution in [0, 0.1) is 27.0 Å². The van der Waals surface area contributed by atoms with Gasteiger partial charge in [-0.3, -0.25) is 9.69 Å². The number of methoxy groups -OCH3 is 4. The van der Waals surface area contributed by atoms with Gasteiger partial charge in [0.2, 0.25) is 0 Å². The van der Waals surface area contributed by atoms with Crippen molar-refractivity contribution in [3.63, 3.8) is 0 Å². The molecule has 0 spiro atoms. The molecule has 0 radical (unpaired) electrons. The number of fused-ring (bicyclic) bond motifs is 6. The average Bonchev–Trinajstić information content (AvgIpc) is 1.75. The van der Waals surface area contributed by atoms with Crippen LogP contribution in [-0.2, 0) is 36.2 Å². The third kappa shape index (κ3) is 25.1. The standard InChI is InChI=1S/C49H73N3O7Si2.C42H57N3O7Si.C7H17ClSi/c1-33(2)61(14,34(3)4)58-27-20-19-21-37-31-52(26-28-56-37)47(50-9)43(29-36-30-44(59-60(12,13)49(6,7)8)46(55-11)35(5)45(36)54-10)51-48(53)57-32-42-40-24-17-15-22-38(40)39-23-16-18-25-41(39)42;1-28-38(48-6)29(25-37(39(28)49-7)52-53(8,9)42(2,3)4)24-36(40(43-5)45-21-23-50-30(26-45)16-14-15-22-46)44-41(47)51-27-35-33-19-12-10-17-31(33)32-18-11-13-20-34(32)35;1-6(2)9(5,8)7(3)4/h15-18,22-25,30,33-34,37,42-43,47H,19-21,26-29,31-32H2,1-8,10-14H3,(H,51,53);10-13,17-20,25,30,35-36,40,46H,14-16,21-24,26-27H2,1-4,6-9H3,(H,44,47);6-7H,1-5H3/t37-,43?,47+;30-,36?,40+;/m00./s1. The van der Waals surface area contributed by atoms with Crippen LogP contribution in [0.1, 0.15) is 192 Å². The number of aliphatic hydroxyl groups excluding tert-OH is 1. The van der Waals surface area contributed by atoms with E-state index < -0.39 is 68.9 Å². The lowest BCUT2D eigenvalue weighted by molar-refractivity contribution is -0.0461. The second-order valence-corrected chi connectivity index (χ2v) is 59.8. The van der Waals surface area contributed by atoms with Crippen molar-refractivity contribution in [2.45, 2.75) is 282 Å². The molecule has 676 valence electrons. The summed E-state index contributed by atoms with van der Waals surface area (Å²) >= 11 is 6.34. The van der Waals surface area contributed by atoms with Gasteiger partial charge in [-0.15, -0.1) is 0 Å². The van der Waals surface area contributed by atoms with E-state index in [9.17, 15) is 14.7 Å². The first-order chi connectivity index (χ1) is 58.1. The number of carbonyl (C=O) groups is 2. The minimum Gasteiger partial charge on any atom is -0.541 e. The second kappa shape index (κ2) is 44.8. The van der Waals surface area contributed by atoms with E-state index in [0.717, 1.165) is 105 Å². The summed E-state index contributed by atoms with van der Waals surface area (Å²) in [6.07, 6.45) is 3.05. The Kier molecular flexibility index (Phi) is 36.8. The van der Waals surface area contributed by atoms with Crippen molar-refractivity contribution in [1.82, 2.24) is 20.4 Å². The lowest BCUT2D eigenvalue weighted by Crippen LogP contribution is -2.56. The van der Waals surface area contributed by atoms with Crippen LogP contribution in [0.25, 0.3) is 31.9 Å². The Morgan fingerprint density at radius 3 is 1.15 bits per heavy atom. The topological polar surface area (TPSA) is 195 Å².